The molecular weight excluding hydrogens is 226 g/mol. The summed E-state index contributed by atoms with van der Waals surface area (Å²) in [5, 5.41) is 0. The molecule has 2 aliphatic carbocycles. The first-order valence-electron chi connectivity index (χ1n) is 3.40. The Labute approximate surface area is 85.4 Å². The molecule has 0 spiro atoms. The van der Waals surface area contributed by atoms with E-state index in [1.807, 2.05) is 12.2 Å². The van der Waals surface area contributed by atoms with Gasteiger partial charge < -0.3 is 0 Å². The van der Waals surface area contributed by atoms with Crippen molar-refractivity contribution in [3.05, 3.63) is 12.2 Å². The maximum atomic E-state index is 6.01. The van der Waals surface area contributed by atoms with Crippen molar-refractivity contribution in [3.63, 3.8) is 0 Å². The van der Waals surface area contributed by atoms with Crippen molar-refractivity contribution in [2.24, 2.45) is 11.8 Å². The van der Waals surface area contributed by atoms with E-state index in [-0.39, 0.29) is 11.8 Å². The van der Waals surface area contributed by atoms with Crippen molar-refractivity contribution in [1.82, 2.24) is 0 Å². The van der Waals surface area contributed by atoms with E-state index in [0.717, 1.165) is 6.42 Å². The normalized spacial score (nSPS) is 43.3. The molecule has 0 aliphatic heterocycles. The summed E-state index contributed by atoms with van der Waals surface area (Å²) in [6.07, 6.45) is 4.86. The number of hydrogen-bond donors (Lipinski definition) is 0. The van der Waals surface area contributed by atoms with E-state index < -0.39 is 8.67 Å². The van der Waals surface area contributed by atoms with Crippen LogP contribution in [0.2, 0.25) is 0 Å². The van der Waals surface area contributed by atoms with Crippen LogP contribution >= 0.6 is 46.4 Å². The summed E-state index contributed by atoms with van der Waals surface area (Å²) in [4.78, 5) is 0. The van der Waals surface area contributed by atoms with Gasteiger partial charge in [-0.15, -0.1) is 0 Å². The second kappa shape index (κ2) is 2.23. The molecule has 2 aliphatic rings. The topological polar surface area (TPSA) is 0 Å². The Bertz CT molecular complexity index is 196. The van der Waals surface area contributed by atoms with Gasteiger partial charge in [-0.2, -0.15) is 0 Å². The van der Waals surface area contributed by atoms with Crippen LogP contribution in [0.1, 0.15) is 6.42 Å². The number of allylic oxidation sites excluding steroid dienone is 2. The summed E-state index contributed by atoms with van der Waals surface area (Å²) in [7, 11) is 0. The summed E-state index contributed by atoms with van der Waals surface area (Å²) < 4.78 is -2.01. The second-order valence-corrected chi connectivity index (χ2v) is 5.85. The van der Waals surface area contributed by atoms with Gasteiger partial charge in [-0.1, -0.05) is 58.6 Å². The van der Waals surface area contributed by atoms with Gasteiger partial charge in [0.25, 0.3) is 0 Å². The smallest absolute Gasteiger partial charge is 0.0976 e. The standard InChI is InChI=1S/C7H6Cl4/c8-6(9)4-1-2-5(3-4)7(6,10)11/h1-2,4-5H,3H2. The van der Waals surface area contributed by atoms with Gasteiger partial charge in [-0.05, 0) is 6.42 Å². The maximum absolute atomic E-state index is 6.01. The zero-order chi connectivity index (χ0) is 8.28. The molecule has 62 valence electrons. The monoisotopic (exact) mass is 230 g/mol. The summed E-state index contributed by atoms with van der Waals surface area (Å²) >= 11 is 24.0. The third kappa shape index (κ3) is 0.904. The van der Waals surface area contributed by atoms with E-state index in [2.05, 4.69) is 0 Å². The van der Waals surface area contributed by atoms with E-state index >= 15 is 0 Å². The van der Waals surface area contributed by atoms with E-state index in [1.165, 1.54) is 0 Å². The highest BCUT2D eigenvalue weighted by Gasteiger charge is 2.63. The molecule has 0 N–H and O–H groups in total. The molecule has 2 unspecified atom stereocenters. The molecule has 0 nitrogen and oxygen atoms in total. The number of hydrogen-bond acceptors (Lipinski definition) is 0. The first-order valence-corrected chi connectivity index (χ1v) is 4.91. The van der Waals surface area contributed by atoms with Crippen molar-refractivity contribution < 1.29 is 0 Å². The Morgan fingerprint density at radius 2 is 1.27 bits per heavy atom. The van der Waals surface area contributed by atoms with Crippen LogP contribution in [0.25, 0.3) is 0 Å². The highest BCUT2D eigenvalue weighted by molar-refractivity contribution is 6.63. The van der Waals surface area contributed by atoms with Crippen LogP contribution in [-0.2, 0) is 0 Å². The van der Waals surface area contributed by atoms with Gasteiger partial charge in [0.15, 0.2) is 8.67 Å². The molecule has 2 bridgehead atoms. The van der Waals surface area contributed by atoms with Crippen LogP contribution in [-0.4, -0.2) is 8.67 Å². The molecule has 0 aromatic heterocycles. The summed E-state index contributed by atoms with van der Waals surface area (Å²) in [6, 6.07) is 0. The molecule has 0 amide bonds. The van der Waals surface area contributed by atoms with E-state index in [0.29, 0.717) is 0 Å². The second-order valence-electron chi connectivity index (χ2n) is 3.08. The van der Waals surface area contributed by atoms with Gasteiger partial charge in [0.2, 0.25) is 0 Å². The van der Waals surface area contributed by atoms with E-state index in [1.54, 1.807) is 0 Å². The van der Waals surface area contributed by atoms with E-state index in [4.69, 9.17) is 46.4 Å². The van der Waals surface area contributed by atoms with Gasteiger partial charge in [0, 0.05) is 11.8 Å². The Balaban J connectivity index is 2.45. The lowest BCUT2D eigenvalue weighted by molar-refractivity contribution is 0.616. The average Bonchev–Trinajstić information content (AvgIpc) is 2.37. The zero-order valence-electron chi connectivity index (χ0n) is 5.53. The van der Waals surface area contributed by atoms with Crippen LogP contribution < -0.4 is 0 Å². The first kappa shape index (κ1) is 8.50. The lowest BCUT2D eigenvalue weighted by Crippen LogP contribution is -2.39. The third-order valence-corrected chi connectivity index (χ3v) is 5.16. The van der Waals surface area contributed by atoms with Crippen LogP contribution in [0.3, 0.4) is 0 Å². The average molecular weight is 232 g/mol. The van der Waals surface area contributed by atoms with Crippen LogP contribution in [0, 0.1) is 11.8 Å². The minimum absolute atomic E-state index is 0.117. The lowest BCUT2D eigenvalue weighted by atomic mass is 10.1. The van der Waals surface area contributed by atoms with Crippen LogP contribution in [0.4, 0.5) is 0 Å². The zero-order valence-corrected chi connectivity index (χ0v) is 8.55. The maximum Gasteiger partial charge on any atom is 0.157 e. The number of rotatable bonds is 0. The Morgan fingerprint density at radius 3 is 1.45 bits per heavy atom. The molecular formula is C7H6Cl4. The van der Waals surface area contributed by atoms with Gasteiger partial charge >= 0.3 is 0 Å². The van der Waals surface area contributed by atoms with Gasteiger partial charge in [-0.3, -0.25) is 0 Å². The van der Waals surface area contributed by atoms with Crippen molar-refractivity contribution in [1.29, 1.82) is 0 Å². The van der Waals surface area contributed by atoms with Crippen LogP contribution in [0.5, 0.6) is 0 Å². The Kier molecular flexibility index (Phi) is 1.72. The molecule has 0 aromatic rings. The SMILES string of the molecule is ClC1(Cl)C2C=CC(C2)C1(Cl)Cl. The molecule has 2 rings (SSSR count). The fourth-order valence-corrected chi connectivity index (χ4v) is 2.94. The predicted octanol–water partition coefficient (Wildman–Crippen LogP) is 3.54. The van der Waals surface area contributed by atoms with Crippen molar-refractivity contribution in [2.75, 3.05) is 0 Å². The summed E-state index contributed by atoms with van der Waals surface area (Å²) in [5.41, 5.74) is 0. The van der Waals surface area contributed by atoms with Gasteiger partial charge in [0.1, 0.15) is 0 Å². The van der Waals surface area contributed by atoms with E-state index in [9.17, 15) is 0 Å². The summed E-state index contributed by atoms with van der Waals surface area (Å²) in [5.74, 6) is 0.233. The lowest BCUT2D eigenvalue weighted by Gasteiger charge is -2.33. The molecule has 11 heavy (non-hydrogen) atoms. The van der Waals surface area contributed by atoms with Gasteiger partial charge in [-0.25, -0.2) is 0 Å². The molecule has 1 saturated carbocycles. The third-order valence-electron chi connectivity index (χ3n) is 2.46. The molecule has 0 aromatic carbocycles. The number of alkyl halides is 4. The molecule has 1 fully saturated rings. The van der Waals surface area contributed by atoms with Crippen molar-refractivity contribution in [2.45, 2.75) is 15.1 Å². The Hall–Kier alpha value is 0.900. The number of halogens is 4. The predicted molar refractivity (Wildman–Crippen MR) is 49.6 cm³/mol. The molecule has 0 radical (unpaired) electrons. The quantitative estimate of drug-likeness (QED) is 0.442. The minimum Gasteiger partial charge on any atom is -0.0976 e. The van der Waals surface area contributed by atoms with Gasteiger partial charge in [0.05, 0.1) is 0 Å². The van der Waals surface area contributed by atoms with Crippen molar-refractivity contribution in [3.8, 4) is 0 Å². The molecule has 0 heterocycles. The Morgan fingerprint density at radius 1 is 0.909 bits per heavy atom. The van der Waals surface area contributed by atoms with Crippen molar-refractivity contribution >= 4 is 46.4 Å². The molecule has 4 heteroatoms. The molecule has 2 atom stereocenters. The molecule has 0 saturated heterocycles. The minimum atomic E-state index is -1.00. The fraction of sp³-hybridized carbons (Fsp3) is 0.714. The fourth-order valence-electron chi connectivity index (χ4n) is 1.73. The largest absolute Gasteiger partial charge is 0.157 e. The van der Waals surface area contributed by atoms with Crippen LogP contribution in [0.15, 0.2) is 12.2 Å². The highest BCUT2D eigenvalue weighted by atomic mass is 35.5. The highest BCUT2D eigenvalue weighted by Crippen LogP contribution is 2.63. The first-order chi connectivity index (χ1) is 4.96. The summed E-state index contributed by atoms with van der Waals surface area (Å²) in [6.45, 7) is 0. The number of fused-ring (bicyclic) bond motifs is 2.